The van der Waals surface area contributed by atoms with E-state index in [2.05, 4.69) is 27.8 Å². The van der Waals surface area contributed by atoms with Crippen molar-refractivity contribution in [2.75, 3.05) is 18.5 Å². The molecule has 6 nitrogen and oxygen atoms in total. The van der Waals surface area contributed by atoms with Gasteiger partial charge in [0, 0.05) is 35.4 Å². The number of aromatic amines is 1. The number of ether oxygens (including phenoxy) is 1. The van der Waals surface area contributed by atoms with E-state index in [-0.39, 0.29) is 11.9 Å². The number of nitrogens with one attached hydrogen (secondary N) is 3. The van der Waals surface area contributed by atoms with Crippen LogP contribution in [0.4, 0.5) is 5.69 Å². The molecule has 0 radical (unpaired) electrons. The maximum absolute atomic E-state index is 12.6. The lowest BCUT2D eigenvalue weighted by atomic mass is 10.1. The zero-order valence-corrected chi connectivity index (χ0v) is 20.0. The first-order chi connectivity index (χ1) is 17.1. The lowest BCUT2D eigenvalue weighted by molar-refractivity contribution is -0.115. The Morgan fingerprint density at radius 2 is 1.74 bits per heavy atom. The minimum absolute atomic E-state index is 0.0632. The van der Waals surface area contributed by atoms with Gasteiger partial charge < -0.3 is 25.5 Å². The Kier molecular flexibility index (Phi) is 8.54. The quantitative estimate of drug-likeness (QED) is 0.241. The third kappa shape index (κ3) is 7.44. The number of aliphatic hydroxyl groups excluding tert-OH is 1. The monoisotopic (exact) mass is 471 g/mol. The third-order valence-corrected chi connectivity index (χ3v) is 5.94. The summed E-state index contributed by atoms with van der Waals surface area (Å²) in [4.78, 5) is 15.8. The zero-order valence-electron chi connectivity index (χ0n) is 20.0. The molecule has 182 valence electrons. The normalized spacial score (nSPS) is 12.9. The fraction of sp³-hybridized carbons (Fsp3) is 0.276. The average molecular weight is 472 g/mol. The number of H-pyrrole nitrogens is 1. The van der Waals surface area contributed by atoms with Crippen molar-refractivity contribution in [3.8, 4) is 5.75 Å². The number of carbonyl (C=O) groups excluding carboxylic acids is 1. The van der Waals surface area contributed by atoms with Gasteiger partial charge in [-0.1, -0.05) is 48.5 Å². The van der Waals surface area contributed by atoms with Gasteiger partial charge in [-0.25, -0.2) is 0 Å². The molecule has 1 amide bonds. The van der Waals surface area contributed by atoms with Crippen LogP contribution in [0.15, 0.2) is 85.1 Å². The van der Waals surface area contributed by atoms with Gasteiger partial charge in [0.2, 0.25) is 5.91 Å². The number of benzene rings is 3. The number of aryl methyl sites for hydroxylation is 1. The predicted octanol–water partition coefficient (Wildman–Crippen LogP) is 4.70. The molecule has 0 aliphatic carbocycles. The Bertz CT molecular complexity index is 1200. The second-order valence-electron chi connectivity index (χ2n) is 8.90. The summed E-state index contributed by atoms with van der Waals surface area (Å²) >= 11 is 0. The SMILES string of the molecule is CC(O)CNC(CCc1ccccc1)COc1ccc(NC(=O)Cc2c[nH]c3ccccc23)cc1. The average Bonchev–Trinajstić information content (AvgIpc) is 3.27. The minimum Gasteiger partial charge on any atom is -0.492 e. The van der Waals surface area contributed by atoms with Gasteiger partial charge in [-0.2, -0.15) is 0 Å². The van der Waals surface area contributed by atoms with Gasteiger partial charge in [-0.3, -0.25) is 4.79 Å². The molecular weight excluding hydrogens is 438 g/mol. The molecule has 0 bridgehead atoms. The van der Waals surface area contributed by atoms with Gasteiger partial charge in [0.05, 0.1) is 12.5 Å². The fourth-order valence-electron chi connectivity index (χ4n) is 4.05. The van der Waals surface area contributed by atoms with Gasteiger partial charge in [-0.05, 0) is 61.2 Å². The molecule has 1 heterocycles. The molecule has 4 N–H and O–H groups in total. The number of aromatic nitrogens is 1. The first-order valence-corrected chi connectivity index (χ1v) is 12.1. The van der Waals surface area contributed by atoms with E-state index >= 15 is 0 Å². The summed E-state index contributed by atoms with van der Waals surface area (Å²) < 4.78 is 6.02. The van der Waals surface area contributed by atoms with Crippen LogP contribution in [0.2, 0.25) is 0 Å². The van der Waals surface area contributed by atoms with E-state index in [0.717, 1.165) is 40.7 Å². The molecule has 0 saturated heterocycles. The highest BCUT2D eigenvalue weighted by Crippen LogP contribution is 2.20. The highest BCUT2D eigenvalue weighted by atomic mass is 16.5. The molecule has 3 aromatic carbocycles. The van der Waals surface area contributed by atoms with Gasteiger partial charge in [0.25, 0.3) is 0 Å². The first-order valence-electron chi connectivity index (χ1n) is 12.1. The lowest BCUT2D eigenvalue weighted by Gasteiger charge is -2.20. The van der Waals surface area contributed by atoms with E-state index in [1.165, 1.54) is 5.56 Å². The molecule has 6 heteroatoms. The van der Waals surface area contributed by atoms with Crippen LogP contribution in [0.3, 0.4) is 0 Å². The van der Waals surface area contributed by atoms with Crippen molar-refractivity contribution in [2.24, 2.45) is 0 Å². The molecule has 0 aliphatic heterocycles. The number of hydrogen-bond donors (Lipinski definition) is 4. The molecule has 1 aromatic heterocycles. The Morgan fingerprint density at radius 3 is 2.51 bits per heavy atom. The summed E-state index contributed by atoms with van der Waals surface area (Å²) in [6.45, 7) is 2.78. The lowest BCUT2D eigenvalue weighted by Crippen LogP contribution is -2.39. The standard InChI is InChI=1S/C29H33N3O3/c1-21(33)18-30-25(12-11-22-7-3-2-4-8-22)20-35-26-15-13-24(14-16-26)32-29(34)17-23-19-31-28-10-6-5-9-27(23)28/h2-10,13-16,19,21,25,30-31,33H,11-12,17-18,20H2,1H3,(H,32,34). The number of fused-ring (bicyclic) bond motifs is 1. The van der Waals surface area contributed by atoms with Crippen LogP contribution in [0.5, 0.6) is 5.75 Å². The molecule has 0 spiro atoms. The molecule has 4 aromatic rings. The summed E-state index contributed by atoms with van der Waals surface area (Å²) in [5.41, 5.74) is 4.02. The second kappa shape index (κ2) is 12.2. The summed E-state index contributed by atoms with van der Waals surface area (Å²) in [6.07, 6.45) is 3.62. The predicted molar refractivity (Wildman–Crippen MR) is 141 cm³/mol. The molecule has 2 unspecified atom stereocenters. The minimum atomic E-state index is -0.415. The number of rotatable bonds is 12. The van der Waals surface area contributed by atoms with Crippen molar-refractivity contribution in [3.63, 3.8) is 0 Å². The van der Waals surface area contributed by atoms with E-state index in [1.54, 1.807) is 6.92 Å². The Labute approximate surface area is 206 Å². The summed E-state index contributed by atoms with van der Waals surface area (Å²) in [5, 5.41) is 17.1. The number of carbonyl (C=O) groups is 1. The van der Waals surface area contributed by atoms with Crippen molar-refractivity contribution < 1.29 is 14.6 Å². The second-order valence-corrected chi connectivity index (χ2v) is 8.90. The summed E-state index contributed by atoms with van der Waals surface area (Å²) in [5.74, 6) is 0.676. The van der Waals surface area contributed by atoms with Gasteiger partial charge in [0.1, 0.15) is 12.4 Å². The molecule has 0 aliphatic rings. The molecule has 4 rings (SSSR count). The number of para-hydroxylation sites is 1. The summed E-state index contributed by atoms with van der Waals surface area (Å²) in [6, 6.07) is 25.9. The summed E-state index contributed by atoms with van der Waals surface area (Å²) in [7, 11) is 0. The van der Waals surface area contributed by atoms with Crippen molar-refractivity contribution in [3.05, 3.63) is 96.2 Å². The molecule has 2 atom stereocenters. The van der Waals surface area contributed by atoms with Crippen LogP contribution < -0.4 is 15.4 Å². The van der Waals surface area contributed by atoms with Gasteiger partial charge in [-0.15, -0.1) is 0 Å². The maximum Gasteiger partial charge on any atom is 0.228 e. The van der Waals surface area contributed by atoms with Crippen molar-refractivity contribution in [1.82, 2.24) is 10.3 Å². The molecular formula is C29H33N3O3. The van der Waals surface area contributed by atoms with Gasteiger partial charge >= 0.3 is 0 Å². The van der Waals surface area contributed by atoms with E-state index in [0.29, 0.717) is 19.6 Å². The Hall–Kier alpha value is -3.61. The highest BCUT2D eigenvalue weighted by Gasteiger charge is 2.12. The topological polar surface area (TPSA) is 86.4 Å². The van der Waals surface area contributed by atoms with Gasteiger partial charge in [0.15, 0.2) is 0 Å². The smallest absolute Gasteiger partial charge is 0.228 e. The number of anilines is 1. The maximum atomic E-state index is 12.6. The Morgan fingerprint density at radius 1 is 1.00 bits per heavy atom. The zero-order chi connectivity index (χ0) is 24.5. The van der Waals surface area contributed by atoms with E-state index < -0.39 is 6.10 Å². The van der Waals surface area contributed by atoms with Crippen LogP contribution in [0.25, 0.3) is 10.9 Å². The number of amides is 1. The van der Waals surface area contributed by atoms with Crippen LogP contribution in [0.1, 0.15) is 24.5 Å². The van der Waals surface area contributed by atoms with E-state index in [9.17, 15) is 9.90 Å². The highest BCUT2D eigenvalue weighted by molar-refractivity contribution is 5.95. The van der Waals surface area contributed by atoms with E-state index in [4.69, 9.17) is 4.74 Å². The van der Waals surface area contributed by atoms with E-state index in [1.807, 2.05) is 72.9 Å². The fourth-order valence-corrected chi connectivity index (χ4v) is 4.05. The van der Waals surface area contributed by atoms with Crippen LogP contribution in [0, 0.1) is 0 Å². The molecule has 35 heavy (non-hydrogen) atoms. The first kappa shape index (κ1) is 24.5. The van der Waals surface area contributed by atoms with Crippen LogP contribution in [-0.2, 0) is 17.6 Å². The van der Waals surface area contributed by atoms with Crippen molar-refractivity contribution in [1.29, 1.82) is 0 Å². The van der Waals surface area contributed by atoms with Crippen molar-refractivity contribution >= 4 is 22.5 Å². The molecule has 0 saturated carbocycles. The number of aliphatic hydroxyl groups is 1. The Balaban J connectivity index is 1.28. The van der Waals surface area contributed by atoms with Crippen LogP contribution >= 0.6 is 0 Å². The van der Waals surface area contributed by atoms with Crippen molar-refractivity contribution in [2.45, 2.75) is 38.3 Å². The van der Waals surface area contributed by atoms with Crippen LogP contribution in [-0.4, -0.2) is 41.3 Å². The largest absolute Gasteiger partial charge is 0.492 e. The third-order valence-electron chi connectivity index (χ3n) is 5.94. The number of hydrogen-bond acceptors (Lipinski definition) is 4. The molecule has 0 fully saturated rings.